The summed E-state index contributed by atoms with van der Waals surface area (Å²) in [4.78, 5) is 10.7. The second kappa shape index (κ2) is 5.05. The number of aromatic nitrogens is 2. The van der Waals surface area contributed by atoms with Crippen molar-refractivity contribution < 1.29 is 19.3 Å². The molecule has 0 atom stereocenters. The number of aromatic carboxylic acids is 1. The Hall–Kier alpha value is -2.08. The van der Waals surface area contributed by atoms with Crippen LogP contribution in [0.1, 0.15) is 21.7 Å². The van der Waals surface area contributed by atoms with Crippen molar-refractivity contribution in [2.45, 2.75) is 13.5 Å². The van der Waals surface area contributed by atoms with Crippen molar-refractivity contribution in [2.24, 2.45) is 0 Å². The monoisotopic (exact) mass is 268 g/mol. The topological polar surface area (TPSA) is 85.5 Å². The Labute approximate surface area is 107 Å². The first-order valence-electron chi connectivity index (χ1n) is 5.01. The molecular weight excluding hydrogens is 260 g/mol. The molecule has 1 aromatic heterocycles. The average Bonchev–Trinajstić information content (AvgIpc) is 2.73. The minimum Gasteiger partial charge on any atom is -0.486 e. The van der Waals surface area contributed by atoms with Gasteiger partial charge in [-0.1, -0.05) is 21.9 Å². The van der Waals surface area contributed by atoms with E-state index in [-0.39, 0.29) is 17.2 Å². The third kappa shape index (κ3) is 2.60. The van der Waals surface area contributed by atoms with Gasteiger partial charge in [0, 0.05) is 0 Å². The Morgan fingerprint density at radius 3 is 2.83 bits per heavy atom. The van der Waals surface area contributed by atoms with Gasteiger partial charge in [0.25, 0.3) is 0 Å². The van der Waals surface area contributed by atoms with Crippen molar-refractivity contribution in [3.8, 4) is 5.75 Å². The number of hydrogen-bond donors (Lipinski definition) is 1. The van der Waals surface area contributed by atoms with E-state index < -0.39 is 5.97 Å². The first-order valence-corrected chi connectivity index (χ1v) is 5.39. The van der Waals surface area contributed by atoms with Crippen LogP contribution in [0.5, 0.6) is 5.75 Å². The van der Waals surface area contributed by atoms with Crippen LogP contribution in [0, 0.1) is 6.92 Å². The Morgan fingerprint density at radius 2 is 2.28 bits per heavy atom. The van der Waals surface area contributed by atoms with E-state index in [4.69, 9.17) is 21.4 Å². The van der Waals surface area contributed by atoms with Crippen molar-refractivity contribution in [2.75, 3.05) is 0 Å². The van der Waals surface area contributed by atoms with Gasteiger partial charge in [-0.25, -0.2) is 9.42 Å². The van der Waals surface area contributed by atoms with E-state index in [1.165, 1.54) is 18.2 Å². The normalized spacial score (nSPS) is 10.3. The van der Waals surface area contributed by atoms with Crippen LogP contribution in [0.3, 0.4) is 0 Å². The third-order valence-corrected chi connectivity index (χ3v) is 2.59. The number of hydrogen-bond acceptors (Lipinski definition) is 5. The highest BCUT2D eigenvalue weighted by Crippen LogP contribution is 2.26. The summed E-state index contributed by atoms with van der Waals surface area (Å²) in [7, 11) is 0. The molecule has 0 aliphatic rings. The van der Waals surface area contributed by atoms with Crippen LogP contribution < -0.4 is 4.74 Å². The molecule has 1 N–H and O–H groups in total. The Bertz CT molecular complexity index is 582. The molecular formula is C11H9ClN2O4. The highest BCUT2D eigenvalue weighted by atomic mass is 35.5. The smallest absolute Gasteiger partial charge is 0.335 e. The predicted molar refractivity (Wildman–Crippen MR) is 61.8 cm³/mol. The molecule has 0 aliphatic carbocycles. The second-order valence-corrected chi connectivity index (χ2v) is 3.94. The molecule has 0 aliphatic heterocycles. The Balaban J connectivity index is 2.11. The van der Waals surface area contributed by atoms with E-state index in [2.05, 4.69) is 14.9 Å². The minimum atomic E-state index is -1.04. The van der Waals surface area contributed by atoms with Gasteiger partial charge in [0.15, 0.2) is 0 Å². The number of nitrogens with zero attached hydrogens (tertiary/aromatic N) is 2. The van der Waals surface area contributed by atoms with E-state index in [1.807, 2.05) is 0 Å². The van der Waals surface area contributed by atoms with Crippen LogP contribution in [0.2, 0.25) is 5.02 Å². The number of carboxylic acids is 1. The summed E-state index contributed by atoms with van der Waals surface area (Å²) in [6.07, 6.45) is 0. The highest BCUT2D eigenvalue weighted by Gasteiger charge is 2.10. The molecule has 0 amide bonds. The molecule has 0 radical (unpaired) electrons. The molecule has 2 rings (SSSR count). The minimum absolute atomic E-state index is 0.103. The first kappa shape index (κ1) is 12.4. The summed E-state index contributed by atoms with van der Waals surface area (Å²) in [5.74, 6) is -0.663. The SMILES string of the molecule is Cc1nonc1COc1ccc(C(=O)O)cc1Cl. The van der Waals surface area contributed by atoms with Crippen molar-refractivity contribution in [1.29, 1.82) is 0 Å². The molecule has 0 spiro atoms. The summed E-state index contributed by atoms with van der Waals surface area (Å²) in [5.41, 5.74) is 1.30. The van der Waals surface area contributed by atoms with E-state index in [9.17, 15) is 4.79 Å². The average molecular weight is 269 g/mol. The van der Waals surface area contributed by atoms with Crippen LogP contribution in [0.25, 0.3) is 0 Å². The molecule has 0 saturated heterocycles. The first-order chi connectivity index (χ1) is 8.58. The van der Waals surface area contributed by atoms with Crippen LogP contribution in [0.15, 0.2) is 22.8 Å². The van der Waals surface area contributed by atoms with Crippen molar-refractivity contribution >= 4 is 17.6 Å². The Kier molecular flexibility index (Phi) is 3.47. The zero-order chi connectivity index (χ0) is 13.1. The van der Waals surface area contributed by atoms with Crippen LogP contribution >= 0.6 is 11.6 Å². The lowest BCUT2D eigenvalue weighted by atomic mass is 10.2. The van der Waals surface area contributed by atoms with E-state index in [1.54, 1.807) is 6.92 Å². The summed E-state index contributed by atoms with van der Waals surface area (Å²) >= 11 is 5.91. The quantitative estimate of drug-likeness (QED) is 0.916. The van der Waals surface area contributed by atoms with Crippen molar-refractivity contribution in [1.82, 2.24) is 10.3 Å². The van der Waals surface area contributed by atoms with Crippen molar-refractivity contribution in [3.05, 3.63) is 40.2 Å². The number of halogens is 1. The van der Waals surface area contributed by atoms with Gasteiger partial charge in [-0.2, -0.15) is 0 Å². The molecule has 94 valence electrons. The largest absolute Gasteiger partial charge is 0.486 e. The molecule has 0 fully saturated rings. The lowest BCUT2D eigenvalue weighted by Gasteiger charge is -2.06. The highest BCUT2D eigenvalue weighted by molar-refractivity contribution is 6.32. The maximum absolute atomic E-state index is 10.7. The second-order valence-electron chi connectivity index (χ2n) is 3.54. The van der Waals surface area contributed by atoms with Crippen molar-refractivity contribution in [3.63, 3.8) is 0 Å². The van der Waals surface area contributed by atoms with E-state index >= 15 is 0 Å². The maximum atomic E-state index is 10.7. The van der Waals surface area contributed by atoms with Gasteiger partial charge in [-0.05, 0) is 25.1 Å². The van der Waals surface area contributed by atoms with Gasteiger partial charge in [0.1, 0.15) is 23.7 Å². The number of ether oxygens (including phenoxy) is 1. The van der Waals surface area contributed by atoms with Gasteiger partial charge in [-0.15, -0.1) is 0 Å². The molecule has 2 aromatic rings. The molecule has 0 bridgehead atoms. The van der Waals surface area contributed by atoms with Gasteiger partial charge < -0.3 is 9.84 Å². The third-order valence-electron chi connectivity index (χ3n) is 2.29. The zero-order valence-electron chi connectivity index (χ0n) is 9.38. The van der Waals surface area contributed by atoms with Crippen LogP contribution in [-0.4, -0.2) is 21.4 Å². The predicted octanol–water partition coefficient (Wildman–Crippen LogP) is 2.31. The molecule has 1 aromatic carbocycles. The molecule has 7 heteroatoms. The summed E-state index contributed by atoms with van der Waals surface area (Å²) < 4.78 is 9.93. The van der Waals surface area contributed by atoms with Crippen LogP contribution in [-0.2, 0) is 6.61 Å². The molecule has 18 heavy (non-hydrogen) atoms. The standard InChI is InChI=1S/C11H9ClN2O4/c1-6-9(14-18-13-6)5-17-10-3-2-7(11(15)16)4-8(10)12/h2-4H,5H2,1H3,(H,15,16). The van der Waals surface area contributed by atoms with Gasteiger partial charge >= 0.3 is 5.97 Å². The fourth-order valence-electron chi connectivity index (χ4n) is 1.28. The summed E-state index contributed by atoms with van der Waals surface area (Å²) in [6.45, 7) is 1.89. The summed E-state index contributed by atoms with van der Waals surface area (Å²) in [5, 5.41) is 16.3. The number of carbonyl (C=O) groups is 1. The number of benzene rings is 1. The molecule has 0 unspecified atom stereocenters. The Morgan fingerprint density at radius 1 is 1.50 bits per heavy atom. The number of rotatable bonds is 4. The summed E-state index contributed by atoms with van der Waals surface area (Å²) in [6, 6.07) is 4.24. The lowest BCUT2D eigenvalue weighted by Crippen LogP contribution is -2.00. The molecule has 6 nitrogen and oxygen atoms in total. The van der Waals surface area contributed by atoms with Gasteiger partial charge in [0.2, 0.25) is 0 Å². The molecule has 0 saturated carbocycles. The van der Waals surface area contributed by atoms with E-state index in [0.717, 1.165) is 0 Å². The number of carboxylic acid groups (broad SMARTS) is 1. The van der Waals surface area contributed by atoms with Crippen LogP contribution in [0.4, 0.5) is 0 Å². The van der Waals surface area contributed by atoms with E-state index in [0.29, 0.717) is 17.1 Å². The number of aryl methyl sites for hydroxylation is 1. The fourth-order valence-corrected chi connectivity index (χ4v) is 1.51. The lowest BCUT2D eigenvalue weighted by molar-refractivity contribution is 0.0697. The maximum Gasteiger partial charge on any atom is 0.335 e. The molecule has 1 heterocycles. The zero-order valence-corrected chi connectivity index (χ0v) is 10.1. The van der Waals surface area contributed by atoms with Gasteiger partial charge in [0.05, 0.1) is 10.6 Å². The van der Waals surface area contributed by atoms with Gasteiger partial charge in [-0.3, -0.25) is 0 Å². The fraction of sp³-hybridized carbons (Fsp3) is 0.182.